The molecule has 0 unspecified atom stereocenters. The molecule has 0 bridgehead atoms. The fourth-order valence-electron chi connectivity index (χ4n) is 2.92. The number of hydrogen-bond acceptors (Lipinski definition) is 5. The smallest absolute Gasteiger partial charge is 0.227 e. The third-order valence-corrected chi connectivity index (χ3v) is 5.39. The lowest BCUT2D eigenvalue weighted by atomic mass is 10.1. The number of carbonyl (C=O) groups is 2. The zero-order valence-corrected chi connectivity index (χ0v) is 17.4. The summed E-state index contributed by atoms with van der Waals surface area (Å²) in [6.07, 6.45) is 0.978. The summed E-state index contributed by atoms with van der Waals surface area (Å²) in [5.74, 6) is -0.214. The molecule has 150 valence electrons. The third-order valence-electron chi connectivity index (χ3n) is 4.50. The van der Waals surface area contributed by atoms with Crippen LogP contribution in [0.3, 0.4) is 0 Å². The molecule has 0 spiro atoms. The van der Waals surface area contributed by atoms with Crippen molar-refractivity contribution in [2.75, 3.05) is 18.4 Å². The first-order valence-electron chi connectivity index (χ1n) is 9.51. The molecule has 2 amide bonds. The Hall–Kier alpha value is -3.06. The zero-order valence-electron chi connectivity index (χ0n) is 16.6. The van der Waals surface area contributed by atoms with Crippen LogP contribution in [0.5, 0.6) is 0 Å². The lowest BCUT2D eigenvalue weighted by Crippen LogP contribution is -2.33. The third kappa shape index (κ3) is 6.22. The fourth-order valence-corrected chi connectivity index (χ4v) is 3.68. The van der Waals surface area contributed by atoms with Crippen molar-refractivity contribution in [2.24, 2.45) is 0 Å². The Balaban J connectivity index is 1.51. The Labute approximate surface area is 174 Å². The van der Waals surface area contributed by atoms with Crippen molar-refractivity contribution < 1.29 is 9.59 Å². The molecule has 1 heterocycles. The number of anilines is 1. The summed E-state index contributed by atoms with van der Waals surface area (Å²) in [4.78, 5) is 25.9. The number of nitrogens with zero attached hydrogens (tertiary/aromatic N) is 3. The summed E-state index contributed by atoms with van der Waals surface area (Å²) in [5.41, 5.74) is 3.29. The van der Waals surface area contributed by atoms with Crippen molar-refractivity contribution in [3.05, 3.63) is 65.7 Å². The predicted octanol–water partition coefficient (Wildman–Crippen LogP) is 3.93. The highest BCUT2D eigenvalue weighted by Gasteiger charge is 2.13. The van der Waals surface area contributed by atoms with Gasteiger partial charge in [0.2, 0.25) is 16.9 Å². The molecule has 1 aromatic heterocycles. The van der Waals surface area contributed by atoms with Crippen LogP contribution < -0.4 is 5.32 Å². The average molecular weight is 409 g/mol. The van der Waals surface area contributed by atoms with E-state index in [1.165, 1.54) is 23.8 Å². The van der Waals surface area contributed by atoms with E-state index in [1.54, 1.807) is 4.90 Å². The van der Waals surface area contributed by atoms with Gasteiger partial charge in [-0.25, -0.2) is 0 Å². The van der Waals surface area contributed by atoms with Gasteiger partial charge in [0.25, 0.3) is 0 Å². The molecular formula is C22H24N4O2S. The van der Waals surface area contributed by atoms with Crippen molar-refractivity contribution in [1.82, 2.24) is 15.1 Å². The number of aromatic nitrogens is 2. The average Bonchev–Trinajstić information content (AvgIpc) is 3.17. The van der Waals surface area contributed by atoms with Crippen LogP contribution in [0.25, 0.3) is 10.6 Å². The topological polar surface area (TPSA) is 75.2 Å². The standard InChI is InChI=1S/C22H24N4O2S/c1-16-7-6-10-19(15-16)21-24-25-22(29-21)23-20(28)12-14-26(17(2)27)13-11-18-8-4-3-5-9-18/h3-10,15H,11-14H2,1-2H3,(H,23,25,28). The molecule has 0 saturated carbocycles. The molecule has 0 aliphatic heterocycles. The van der Waals surface area contributed by atoms with E-state index in [4.69, 9.17) is 0 Å². The van der Waals surface area contributed by atoms with Crippen LogP contribution in [-0.2, 0) is 16.0 Å². The van der Waals surface area contributed by atoms with Crippen LogP contribution in [0.2, 0.25) is 0 Å². The van der Waals surface area contributed by atoms with Gasteiger partial charge in [-0.2, -0.15) is 0 Å². The van der Waals surface area contributed by atoms with Crippen LogP contribution in [0, 0.1) is 6.92 Å². The normalized spacial score (nSPS) is 10.6. The largest absolute Gasteiger partial charge is 0.342 e. The second kappa shape index (κ2) is 9.93. The van der Waals surface area contributed by atoms with Gasteiger partial charge < -0.3 is 10.2 Å². The minimum atomic E-state index is -0.178. The number of aryl methyl sites for hydroxylation is 1. The Kier molecular flexibility index (Phi) is 7.08. The summed E-state index contributed by atoms with van der Waals surface area (Å²) in [7, 11) is 0. The minimum absolute atomic E-state index is 0.0358. The van der Waals surface area contributed by atoms with E-state index in [0.717, 1.165) is 22.6 Å². The van der Waals surface area contributed by atoms with Gasteiger partial charge in [-0.1, -0.05) is 65.4 Å². The maximum Gasteiger partial charge on any atom is 0.227 e. The van der Waals surface area contributed by atoms with E-state index in [0.29, 0.717) is 18.2 Å². The second-order valence-electron chi connectivity index (χ2n) is 6.82. The lowest BCUT2D eigenvalue weighted by molar-refractivity contribution is -0.129. The number of hydrogen-bond donors (Lipinski definition) is 1. The molecule has 2 aromatic carbocycles. The Morgan fingerprint density at radius 3 is 2.55 bits per heavy atom. The maximum absolute atomic E-state index is 12.3. The SMILES string of the molecule is CC(=O)N(CCC(=O)Nc1nnc(-c2cccc(C)c2)s1)CCc1ccccc1. The molecule has 0 saturated heterocycles. The van der Waals surface area contributed by atoms with Crippen molar-refractivity contribution in [3.8, 4) is 10.6 Å². The van der Waals surface area contributed by atoms with E-state index in [2.05, 4.69) is 15.5 Å². The molecule has 0 fully saturated rings. The molecule has 1 N–H and O–H groups in total. The number of benzene rings is 2. The highest BCUT2D eigenvalue weighted by Crippen LogP contribution is 2.26. The predicted molar refractivity (Wildman–Crippen MR) is 116 cm³/mol. The van der Waals surface area contributed by atoms with E-state index in [-0.39, 0.29) is 18.2 Å². The van der Waals surface area contributed by atoms with E-state index >= 15 is 0 Å². The minimum Gasteiger partial charge on any atom is -0.342 e. The van der Waals surface area contributed by atoms with E-state index in [9.17, 15) is 9.59 Å². The van der Waals surface area contributed by atoms with Gasteiger partial charge in [0.05, 0.1) is 0 Å². The Morgan fingerprint density at radius 2 is 1.83 bits per heavy atom. The summed E-state index contributed by atoms with van der Waals surface area (Å²) in [5, 5.41) is 12.2. The van der Waals surface area contributed by atoms with Gasteiger partial charge in [0.1, 0.15) is 5.01 Å². The zero-order chi connectivity index (χ0) is 20.6. The second-order valence-corrected chi connectivity index (χ2v) is 7.80. The maximum atomic E-state index is 12.3. The molecular weight excluding hydrogens is 384 g/mol. The first kappa shape index (κ1) is 20.7. The Bertz CT molecular complexity index is 972. The molecule has 7 heteroatoms. The fraction of sp³-hybridized carbons (Fsp3) is 0.273. The van der Waals surface area contributed by atoms with Crippen LogP contribution in [0.4, 0.5) is 5.13 Å². The van der Waals surface area contributed by atoms with Crippen molar-refractivity contribution in [2.45, 2.75) is 26.7 Å². The number of amides is 2. The number of carbonyl (C=O) groups excluding carboxylic acids is 2. The van der Waals surface area contributed by atoms with Gasteiger partial charge in [-0.3, -0.25) is 9.59 Å². The highest BCUT2D eigenvalue weighted by molar-refractivity contribution is 7.18. The molecule has 0 aliphatic carbocycles. The first-order valence-corrected chi connectivity index (χ1v) is 10.3. The molecule has 0 aliphatic rings. The summed E-state index contributed by atoms with van der Waals surface area (Å²) >= 11 is 1.34. The Morgan fingerprint density at radius 1 is 1.03 bits per heavy atom. The van der Waals surface area contributed by atoms with Gasteiger partial charge in [-0.05, 0) is 25.0 Å². The number of rotatable bonds is 8. The van der Waals surface area contributed by atoms with E-state index < -0.39 is 0 Å². The van der Waals surface area contributed by atoms with Crippen LogP contribution in [0.1, 0.15) is 24.5 Å². The molecule has 3 aromatic rings. The van der Waals surface area contributed by atoms with Crippen molar-refractivity contribution >= 4 is 28.3 Å². The van der Waals surface area contributed by atoms with Crippen LogP contribution >= 0.6 is 11.3 Å². The van der Waals surface area contributed by atoms with Gasteiger partial charge in [-0.15, -0.1) is 10.2 Å². The molecule has 6 nitrogen and oxygen atoms in total. The molecule has 0 atom stereocenters. The quantitative estimate of drug-likeness (QED) is 0.613. The van der Waals surface area contributed by atoms with Crippen molar-refractivity contribution in [1.29, 1.82) is 0 Å². The molecule has 3 rings (SSSR count). The van der Waals surface area contributed by atoms with Crippen molar-refractivity contribution in [3.63, 3.8) is 0 Å². The number of nitrogens with one attached hydrogen (secondary N) is 1. The molecule has 29 heavy (non-hydrogen) atoms. The summed E-state index contributed by atoms with van der Waals surface area (Å²) in [6.45, 7) is 4.51. The summed E-state index contributed by atoms with van der Waals surface area (Å²) < 4.78 is 0. The monoisotopic (exact) mass is 408 g/mol. The molecule has 0 radical (unpaired) electrons. The summed E-state index contributed by atoms with van der Waals surface area (Å²) in [6, 6.07) is 18.0. The van der Waals surface area contributed by atoms with Gasteiger partial charge >= 0.3 is 0 Å². The van der Waals surface area contributed by atoms with Crippen LogP contribution in [-0.4, -0.2) is 40.0 Å². The van der Waals surface area contributed by atoms with Crippen LogP contribution in [0.15, 0.2) is 54.6 Å². The van der Waals surface area contributed by atoms with Gasteiger partial charge in [0.15, 0.2) is 0 Å². The highest BCUT2D eigenvalue weighted by atomic mass is 32.1. The van der Waals surface area contributed by atoms with Gasteiger partial charge in [0, 0.05) is 32.0 Å². The van der Waals surface area contributed by atoms with E-state index in [1.807, 2.05) is 61.5 Å². The lowest BCUT2D eigenvalue weighted by Gasteiger charge is -2.20. The first-order chi connectivity index (χ1) is 14.0.